The SMILES string of the molecule is CCCCc1nc2ccc(N(Cc3ccccc3)C(=O)OCC)cc2n1Cc1ccc(-c2ccccc2OC(=O)OC(C)(C)C)cc1. The first kappa shape index (κ1) is 33.3. The number of rotatable bonds is 11. The number of aryl methyl sites for hydroxylation is 1. The zero-order valence-corrected chi connectivity index (χ0v) is 27.9. The molecule has 0 saturated carbocycles. The van der Waals surface area contributed by atoms with Gasteiger partial charge in [0, 0.05) is 24.2 Å². The Kier molecular flexibility index (Phi) is 10.6. The molecule has 0 bridgehead atoms. The van der Waals surface area contributed by atoms with E-state index in [1.54, 1.807) is 31.7 Å². The molecule has 0 spiro atoms. The third kappa shape index (κ3) is 8.58. The molecule has 244 valence electrons. The van der Waals surface area contributed by atoms with Crippen molar-refractivity contribution in [3.05, 3.63) is 114 Å². The van der Waals surface area contributed by atoms with Crippen molar-refractivity contribution >= 4 is 29.0 Å². The van der Waals surface area contributed by atoms with Crippen LogP contribution in [0.15, 0.2) is 97.1 Å². The van der Waals surface area contributed by atoms with Crippen molar-refractivity contribution in [2.75, 3.05) is 11.5 Å². The number of hydrogen-bond acceptors (Lipinski definition) is 6. The molecule has 4 aromatic carbocycles. The molecule has 47 heavy (non-hydrogen) atoms. The molecule has 0 saturated heterocycles. The second-order valence-electron chi connectivity index (χ2n) is 12.4. The highest BCUT2D eigenvalue weighted by Crippen LogP contribution is 2.32. The Morgan fingerprint density at radius 1 is 0.851 bits per heavy atom. The number of carbonyl (C=O) groups is 2. The van der Waals surface area contributed by atoms with Crippen molar-refractivity contribution in [3.8, 4) is 16.9 Å². The van der Waals surface area contributed by atoms with Gasteiger partial charge in [-0.1, -0.05) is 86.1 Å². The summed E-state index contributed by atoms with van der Waals surface area (Å²) in [5.41, 5.74) is 5.75. The molecular weight excluding hydrogens is 590 g/mol. The van der Waals surface area contributed by atoms with Crippen LogP contribution in [0.5, 0.6) is 5.75 Å². The molecule has 5 rings (SSSR count). The van der Waals surface area contributed by atoms with E-state index >= 15 is 0 Å². The number of nitrogens with zero attached hydrogens (tertiary/aromatic N) is 3. The molecule has 0 aliphatic heterocycles. The number of aromatic nitrogens is 2. The van der Waals surface area contributed by atoms with Gasteiger partial charge in [0.1, 0.15) is 17.2 Å². The van der Waals surface area contributed by atoms with E-state index in [4.69, 9.17) is 19.2 Å². The molecule has 1 heterocycles. The third-order valence-electron chi connectivity index (χ3n) is 7.62. The van der Waals surface area contributed by atoms with Crippen molar-refractivity contribution in [2.24, 2.45) is 0 Å². The van der Waals surface area contributed by atoms with Crippen LogP contribution in [0.1, 0.15) is 64.4 Å². The van der Waals surface area contributed by atoms with Gasteiger partial charge in [-0.25, -0.2) is 14.6 Å². The molecule has 8 nitrogen and oxygen atoms in total. The van der Waals surface area contributed by atoms with E-state index in [1.165, 1.54) is 0 Å². The Labute approximate surface area is 276 Å². The zero-order chi connectivity index (χ0) is 33.4. The third-order valence-corrected chi connectivity index (χ3v) is 7.62. The van der Waals surface area contributed by atoms with Crippen LogP contribution in [-0.2, 0) is 29.0 Å². The minimum atomic E-state index is -0.738. The van der Waals surface area contributed by atoms with Gasteiger partial charge >= 0.3 is 12.2 Å². The number of imidazole rings is 1. The van der Waals surface area contributed by atoms with E-state index in [9.17, 15) is 9.59 Å². The second kappa shape index (κ2) is 15.0. The van der Waals surface area contributed by atoms with Gasteiger partial charge in [-0.3, -0.25) is 4.90 Å². The van der Waals surface area contributed by atoms with Gasteiger partial charge < -0.3 is 18.8 Å². The van der Waals surface area contributed by atoms with Gasteiger partial charge in [0.2, 0.25) is 0 Å². The molecule has 5 aromatic rings. The van der Waals surface area contributed by atoms with E-state index in [0.29, 0.717) is 25.4 Å². The smallest absolute Gasteiger partial charge is 0.449 e. The molecule has 1 aromatic heterocycles. The number of anilines is 1. The van der Waals surface area contributed by atoms with Crippen molar-refractivity contribution < 1.29 is 23.8 Å². The Hall–Kier alpha value is -5.11. The normalized spacial score (nSPS) is 11.3. The van der Waals surface area contributed by atoms with Crippen LogP contribution in [0.3, 0.4) is 0 Å². The van der Waals surface area contributed by atoms with E-state index in [1.807, 2.05) is 85.8 Å². The quantitative estimate of drug-likeness (QED) is 0.106. The summed E-state index contributed by atoms with van der Waals surface area (Å²) in [7, 11) is 0. The largest absolute Gasteiger partial charge is 0.514 e. The summed E-state index contributed by atoms with van der Waals surface area (Å²) < 4.78 is 18.6. The van der Waals surface area contributed by atoms with E-state index < -0.39 is 11.8 Å². The first-order chi connectivity index (χ1) is 22.6. The Bertz CT molecular complexity index is 1810. The fraction of sp³-hybridized carbons (Fsp3) is 0.308. The van der Waals surface area contributed by atoms with Crippen LogP contribution in [-0.4, -0.2) is 34.0 Å². The molecule has 0 unspecified atom stereocenters. The fourth-order valence-electron chi connectivity index (χ4n) is 5.39. The van der Waals surface area contributed by atoms with Gasteiger partial charge in [-0.2, -0.15) is 0 Å². The van der Waals surface area contributed by atoms with Gasteiger partial charge in [-0.05, 0) is 75.1 Å². The van der Waals surface area contributed by atoms with Gasteiger partial charge in [0.25, 0.3) is 0 Å². The number of ether oxygens (including phenoxy) is 3. The predicted molar refractivity (Wildman–Crippen MR) is 186 cm³/mol. The molecule has 0 radical (unpaired) electrons. The topological polar surface area (TPSA) is 82.9 Å². The fourth-order valence-corrected chi connectivity index (χ4v) is 5.39. The summed E-state index contributed by atoms with van der Waals surface area (Å²) in [5, 5.41) is 0. The first-order valence-corrected chi connectivity index (χ1v) is 16.2. The van der Waals surface area contributed by atoms with Crippen LogP contribution < -0.4 is 9.64 Å². The van der Waals surface area contributed by atoms with E-state index in [-0.39, 0.29) is 6.09 Å². The number of hydrogen-bond donors (Lipinski definition) is 0. The second-order valence-corrected chi connectivity index (χ2v) is 12.4. The van der Waals surface area contributed by atoms with Crippen LogP contribution in [0.2, 0.25) is 0 Å². The summed E-state index contributed by atoms with van der Waals surface area (Å²) in [4.78, 5) is 32.2. The highest BCUT2D eigenvalue weighted by Gasteiger charge is 2.21. The van der Waals surface area contributed by atoms with Crippen molar-refractivity contribution in [1.82, 2.24) is 9.55 Å². The lowest BCUT2D eigenvalue weighted by Gasteiger charge is -2.22. The average Bonchev–Trinajstić information content (AvgIpc) is 3.39. The minimum absolute atomic E-state index is 0.291. The van der Waals surface area contributed by atoms with E-state index in [2.05, 4.69) is 23.6 Å². The standard InChI is InChI=1S/C39H43N3O5/c1-6-8-18-36-40-33-24-23-31(41(37(43)45-7-2)26-28-14-10-9-11-15-28)25-34(33)42(36)27-29-19-21-30(22-20-29)32-16-12-13-17-35(32)46-38(44)47-39(3,4)5/h9-17,19-25H,6-8,18,26-27H2,1-5H3. The van der Waals surface area contributed by atoms with E-state index in [0.717, 1.165) is 64.1 Å². The van der Waals surface area contributed by atoms with Gasteiger partial charge in [0.15, 0.2) is 0 Å². The van der Waals surface area contributed by atoms with Crippen LogP contribution in [0.4, 0.5) is 15.3 Å². The molecular formula is C39H43N3O5. The molecule has 0 fully saturated rings. The Balaban J connectivity index is 1.46. The number of benzene rings is 4. The summed E-state index contributed by atoms with van der Waals surface area (Å²) >= 11 is 0. The molecule has 1 amide bonds. The average molecular weight is 634 g/mol. The van der Waals surface area contributed by atoms with Crippen molar-refractivity contribution in [3.63, 3.8) is 0 Å². The lowest BCUT2D eigenvalue weighted by molar-refractivity contribution is 0.0207. The monoisotopic (exact) mass is 633 g/mol. The van der Waals surface area contributed by atoms with Crippen LogP contribution in [0.25, 0.3) is 22.2 Å². The van der Waals surface area contributed by atoms with Crippen molar-refractivity contribution in [2.45, 2.75) is 72.6 Å². The van der Waals surface area contributed by atoms with Crippen LogP contribution >= 0.6 is 0 Å². The number of para-hydroxylation sites is 1. The Morgan fingerprint density at radius 2 is 1.57 bits per heavy atom. The lowest BCUT2D eigenvalue weighted by atomic mass is 10.0. The summed E-state index contributed by atoms with van der Waals surface area (Å²) in [6.07, 6.45) is 1.80. The molecule has 0 aliphatic rings. The van der Waals surface area contributed by atoms with Crippen molar-refractivity contribution in [1.29, 1.82) is 0 Å². The predicted octanol–water partition coefficient (Wildman–Crippen LogP) is 9.57. The Morgan fingerprint density at radius 3 is 2.28 bits per heavy atom. The molecule has 0 N–H and O–H groups in total. The summed E-state index contributed by atoms with van der Waals surface area (Å²) in [6.45, 7) is 10.7. The lowest BCUT2D eigenvalue weighted by Crippen LogP contribution is -2.31. The number of fused-ring (bicyclic) bond motifs is 1. The van der Waals surface area contributed by atoms with Crippen LogP contribution in [0, 0.1) is 0 Å². The highest BCUT2D eigenvalue weighted by molar-refractivity contribution is 5.91. The zero-order valence-electron chi connectivity index (χ0n) is 27.9. The van der Waals surface area contributed by atoms with Gasteiger partial charge in [-0.15, -0.1) is 0 Å². The number of amides is 1. The van der Waals surface area contributed by atoms with Gasteiger partial charge in [0.05, 0.1) is 24.2 Å². The highest BCUT2D eigenvalue weighted by atomic mass is 16.7. The maximum Gasteiger partial charge on any atom is 0.514 e. The maximum atomic E-state index is 13.1. The molecule has 0 atom stereocenters. The molecule has 8 heteroatoms. The summed E-state index contributed by atoms with van der Waals surface area (Å²) in [5.74, 6) is 1.44. The minimum Gasteiger partial charge on any atom is -0.449 e. The maximum absolute atomic E-state index is 13.1. The first-order valence-electron chi connectivity index (χ1n) is 16.2. The molecule has 0 aliphatic carbocycles. The number of carbonyl (C=O) groups excluding carboxylic acids is 2. The summed E-state index contributed by atoms with van der Waals surface area (Å²) in [6, 6.07) is 31.5. The number of unbranched alkanes of at least 4 members (excludes halogenated alkanes) is 1.